The Labute approximate surface area is 112 Å². The van der Waals surface area contributed by atoms with Gasteiger partial charge in [-0.15, -0.1) is 0 Å². The predicted octanol–water partition coefficient (Wildman–Crippen LogP) is 1.58. The van der Waals surface area contributed by atoms with Crippen molar-refractivity contribution in [3.8, 4) is 0 Å². The minimum Gasteiger partial charge on any atom is -0.466 e. The maximum Gasteiger partial charge on any atom is 0.308 e. The molecule has 1 aromatic heterocycles. The van der Waals surface area contributed by atoms with E-state index in [1.54, 1.807) is 18.3 Å². The van der Waals surface area contributed by atoms with Crippen molar-refractivity contribution in [2.24, 2.45) is 0 Å². The minimum atomic E-state index is -0.686. The van der Waals surface area contributed by atoms with Crippen LogP contribution in [0.15, 0.2) is 16.8 Å². The first-order chi connectivity index (χ1) is 8.61. The molecule has 1 rings (SSSR count). The molecular weight excluding hydrogens is 250 g/mol. The summed E-state index contributed by atoms with van der Waals surface area (Å²) in [5, 5.41) is 17.0. The highest BCUT2D eigenvalue weighted by Gasteiger charge is 2.12. The number of rotatable bonds is 8. The first-order valence-electron chi connectivity index (χ1n) is 6.20. The zero-order valence-electron chi connectivity index (χ0n) is 10.9. The van der Waals surface area contributed by atoms with Crippen LogP contribution in [0.4, 0.5) is 0 Å². The Balaban J connectivity index is 2.17. The van der Waals surface area contributed by atoms with Crippen molar-refractivity contribution in [1.29, 1.82) is 0 Å². The van der Waals surface area contributed by atoms with Crippen LogP contribution < -0.4 is 5.32 Å². The molecular formula is C13H21NO3S. The van der Waals surface area contributed by atoms with Gasteiger partial charge in [0.2, 0.25) is 0 Å². The van der Waals surface area contributed by atoms with E-state index in [2.05, 4.69) is 29.1 Å². The Morgan fingerprint density at radius 3 is 3.00 bits per heavy atom. The fourth-order valence-electron chi connectivity index (χ4n) is 1.66. The van der Waals surface area contributed by atoms with E-state index in [-0.39, 0.29) is 18.4 Å². The topological polar surface area (TPSA) is 58.6 Å². The smallest absolute Gasteiger partial charge is 0.308 e. The molecule has 2 unspecified atom stereocenters. The Bertz CT molecular complexity index is 340. The van der Waals surface area contributed by atoms with Gasteiger partial charge < -0.3 is 15.2 Å². The van der Waals surface area contributed by atoms with Gasteiger partial charge in [0.05, 0.1) is 19.1 Å². The molecule has 1 heterocycles. The van der Waals surface area contributed by atoms with Crippen LogP contribution in [0, 0.1) is 0 Å². The van der Waals surface area contributed by atoms with Crippen LogP contribution in [0.2, 0.25) is 0 Å². The summed E-state index contributed by atoms with van der Waals surface area (Å²) in [4.78, 5) is 11.1. The van der Waals surface area contributed by atoms with Gasteiger partial charge in [0.1, 0.15) is 0 Å². The maximum absolute atomic E-state index is 11.1. The molecule has 0 aliphatic carbocycles. The van der Waals surface area contributed by atoms with Gasteiger partial charge in [-0.25, -0.2) is 0 Å². The highest BCUT2D eigenvalue weighted by atomic mass is 32.1. The van der Waals surface area contributed by atoms with Crippen molar-refractivity contribution in [3.63, 3.8) is 0 Å². The van der Waals surface area contributed by atoms with Crippen molar-refractivity contribution in [1.82, 2.24) is 5.32 Å². The lowest BCUT2D eigenvalue weighted by Gasteiger charge is -2.16. The third-order valence-electron chi connectivity index (χ3n) is 2.53. The van der Waals surface area contributed by atoms with Crippen LogP contribution >= 0.6 is 11.3 Å². The van der Waals surface area contributed by atoms with Gasteiger partial charge in [-0.05, 0) is 42.7 Å². The molecule has 2 N–H and O–H groups in total. The van der Waals surface area contributed by atoms with Crippen LogP contribution in [0.3, 0.4) is 0 Å². The average Bonchev–Trinajstić information content (AvgIpc) is 2.79. The van der Waals surface area contributed by atoms with Gasteiger partial charge in [-0.2, -0.15) is 11.3 Å². The summed E-state index contributed by atoms with van der Waals surface area (Å²) in [7, 11) is 0. The summed E-state index contributed by atoms with van der Waals surface area (Å²) in [5.74, 6) is -0.350. The van der Waals surface area contributed by atoms with E-state index in [1.807, 2.05) is 0 Å². The number of carbonyl (C=O) groups is 1. The third kappa shape index (κ3) is 6.14. The van der Waals surface area contributed by atoms with E-state index in [1.165, 1.54) is 5.56 Å². The van der Waals surface area contributed by atoms with Gasteiger partial charge >= 0.3 is 5.97 Å². The van der Waals surface area contributed by atoms with Crippen molar-refractivity contribution >= 4 is 17.3 Å². The lowest BCUT2D eigenvalue weighted by molar-refractivity contribution is -0.145. The molecule has 0 radical (unpaired) electrons. The molecule has 0 amide bonds. The van der Waals surface area contributed by atoms with Gasteiger partial charge in [0.25, 0.3) is 0 Å². The van der Waals surface area contributed by atoms with E-state index in [0.29, 0.717) is 13.2 Å². The van der Waals surface area contributed by atoms with Crippen LogP contribution in [0.5, 0.6) is 0 Å². The van der Waals surface area contributed by atoms with Gasteiger partial charge in [-0.1, -0.05) is 0 Å². The molecule has 0 saturated carbocycles. The van der Waals surface area contributed by atoms with Gasteiger partial charge in [0, 0.05) is 12.6 Å². The zero-order chi connectivity index (χ0) is 13.4. The number of thiophene rings is 1. The van der Waals surface area contributed by atoms with E-state index in [0.717, 1.165) is 6.42 Å². The SMILES string of the molecule is CCOC(=O)CC(O)CNC(C)Cc1ccsc1. The largest absolute Gasteiger partial charge is 0.466 e. The minimum absolute atomic E-state index is 0.0476. The molecule has 0 aliphatic rings. The highest BCUT2D eigenvalue weighted by Crippen LogP contribution is 2.08. The second-order valence-corrected chi connectivity index (χ2v) is 5.09. The standard InChI is InChI=1S/C13H21NO3S/c1-3-17-13(16)7-12(15)8-14-10(2)6-11-4-5-18-9-11/h4-5,9-10,12,14-15H,3,6-8H2,1-2H3. The maximum atomic E-state index is 11.1. The van der Waals surface area contributed by atoms with Crippen LogP contribution in [0.1, 0.15) is 25.8 Å². The van der Waals surface area contributed by atoms with Crippen LogP contribution in [-0.2, 0) is 16.0 Å². The molecule has 4 nitrogen and oxygen atoms in total. The number of carbonyl (C=O) groups excluding carboxylic acids is 1. The summed E-state index contributed by atoms with van der Waals surface area (Å²) < 4.78 is 4.78. The Morgan fingerprint density at radius 1 is 1.61 bits per heavy atom. The normalized spacial score (nSPS) is 14.2. The molecule has 0 aromatic carbocycles. The summed E-state index contributed by atoms with van der Waals surface area (Å²) in [6.45, 7) is 4.58. The second kappa shape index (κ2) is 8.24. The fourth-order valence-corrected chi connectivity index (χ4v) is 2.34. The van der Waals surface area contributed by atoms with Crippen molar-refractivity contribution < 1.29 is 14.6 Å². The Kier molecular flexibility index (Phi) is 6.93. The molecule has 18 heavy (non-hydrogen) atoms. The summed E-state index contributed by atoms with van der Waals surface area (Å²) in [5.41, 5.74) is 1.29. The predicted molar refractivity (Wildman–Crippen MR) is 72.7 cm³/mol. The molecule has 1 aromatic rings. The van der Waals surface area contributed by atoms with E-state index in [9.17, 15) is 9.90 Å². The second-order valence-electron chi connectivity index (χ2n) is 4.31. The first kappa shape index (κ1) is 15.1. The number of esters is 1. The number of ether oxygens (including phenoxy) is 1. The molecule has 0 fully saturated rings. The summed E-state index contributed by atoms with van der Waals surface area (Å²) in [6, 6.07) is 2.37. The molecule has 102 valence electrons. The molecule has 5 heteroatoms. The monoisotopic (exact) mass is 271 g/mol. The third-order valence-corrected chi connectivity index (χ3v) is 3.26. The average molecular weight is 271 g/mol. The highest BCUT2D eigenvalue weighted by molar-refractivity contribution is 7.07. The molecule has 0 spiro atoms. The van der Waals surface area contributed by atoms with Crippen molar-refractivity contribution in [3.05, 3.63) is 22.4 Å². The Morgan fingerprint density at radius 2 is 2.39 bits per heavy atom. The number of hydrogen-bond donors (Lipinski definition) is 2. The van der Waals surface area contributed by atoms with Gasteiger partial charge in [0.15, 0.2) is 0 Å². The molecule has 0 bridgehead atoms. The zero-order valence-corrected chi connectivity index (χ0v) is 11.7. The fraction of sp³-hybridized carbons (Fsp3) is 0.615. The van der Waals surface area contributed by atoms with E-state index in [4.69, 9.17) is 4.74 Å². The van der Waals surface area contributed by atoms with Crippen molar-refractivity contribution in [2.45, 2.75) is 38.8 Å². The number of nitrogens with one attached hydrogen (secondary N) is 1. The van der Waals surface area contributed by atoms with Crippen LogP contribution in [-0.4, -0.2) is 36.4 Å². The number of hydrogen-bond acceptors (Lipinski definition) is 5. The number of aliphatic hydroxyl groups excluding tert-OH is 1. The lowest BCUT2D eigenvalue weighted by atomic mass is 10.1. The quantitative estimate of drug-likeness (QED) is 0.705. The molecule has 0 saturated heterocycles. The van der Waals surface area contributed by atoms with Gasteiger partial charge in [-0.3, -0.25) is 4.79 Å². The van der Waals surface area contributed by atoms with E-state index >= 15 is 0 Å². The molecule has 0 aliphatic heterocycles. The first-order valence-corrected chi connectivity index (χ1v) is 7.14. The summed E-state index contributed by atoms with van der Waals surface area (Å²) in [6.07, 6.45) is 0.288. The molecule has 2 atom stereocenters. The summed E-state index contributed by atoms with van der Waals surface area (Å²) >= 11 is 1.68. The lowest BCUT2D eigenvalue weighted by Crippen LogP contribution is -2.36. The Hall–Kier alpha value is -0.910. The number of aliphatic hydroxyl groups is 1. The van der Waals surface area contributed by atoms with Crippen molar-refractivity contribution in [2.75, 3.05) is 13.2 Å². The van der Waals surface area contributed by atoms with E-state index < -0.39 is 6.10 Å². The van der Waals surface area contributed by atoms with Crippen LogP contribution in [0.25, 0.3) is 0 Å².